The van der Waals surface area contributed by atoms with Gasteiger partial charge in [-0.3, -0.25) is 4.79 Å². The van der Waals surface area contributed by atoms with E-state index in [0.717, 1.165) is 19.4 Å². The minimum Gasteiger partial charge on any atom is -0.353 e. The molecule has 0 radical (unpaired) electrons. The summed E-state index contributed by atoms with van der Waals surface area (Å²) in [6.07, 6.45) is 11.4. The van der Waals surface area contributed by atoms with Crippen LogP contribution in [0.5, 0.6) is 0 Å². The lowest BCUT2D eigenvalue weighted by atomic mass is 10.1. The Bertz CT molecular complexity index is 471. The Morgan fingerprint density at radius 3 is 2.94 bits per heavy atom. The van der Waals surface area contributed by atoms with Gasteiger partial charge in [0.05, 0.1) is 6.04 Å². The highest BCUT2D eigenvalue weighted by Crippen LogP contribution is 2.31. The van der Waals surface area contributed by atoms with Gasteiger partial charge in [-0.05, 0) is 31.9 Å². The zero-order valence-electron chi connectivity index (χ0n) is 11.0. The number of hydrogen-bond acceptors (Lipinski definition) is 1. The molecule has 96 valence electrons. The highest BCUT2D eigenvalue weighted by Gasteiger charge is 2.29. The molecule has 1 aromatic rings. The van der Waals surface area contributed by atoms with Crippen molar-refractivity contribution in [3.05, 3.63) is 48.3 Å². The zero-order chi connectivity index (χ0) is 13.0. The molecule has 1 aromatic heterocycles. The third-order valence-electron chi connectivity index (χ3n) is 3.40. The van der Waals surface area contributed by atoms with Gasteiger partial charge in [-0.25, -0.2) is 0 Å². The van der Waals surface area contributed by atoms with Crippen molar-refractivity contribution >= 4 is 5.91 Å². The molecule has 0 saturated carbocycles. The number of nitrogens with zero attached hydrogens (tertiary/aromatic N) is 2. The van der Waals surface area contributed by atoms with Crippen LogP contribution in [0.3, 0.4) is 0 Å². The first-order chi connectivity index (χ1) is 8.74. The second-order valence-corrected chi connectivity index (χ2v) is 4.62. The molecular formula is C15H20N2O. The Balaban J connectivity index is 2.13. The lowest BCUT2D eigenvalue weighted by Gasteiger charge is -2.24. The van der Waals surface area contributed by atoms with Crippen molar-refractivity contribution in [1.29, 1.82) is 0 Å². The largest absolute Gasteiger partial charge is 0.353 e. The number of carbonyl (C=O) groups is 1. The Morgan fingerprint density at radius 1 is 1.44 bits per heavy atom. The maximum atomic E-state index is 12.1. The number of aryl methyl sites for hydroxylation is 1. The number of likely N-dealkylation sites (tertiary alicyclic amines) is 1. The summed E-state index contributed by atoms with van der Waals surface area (Å²) in [6, 6.07) is 4.37. The van der Waals surface area contributed by atoms with Crippen LogP contribution in [0.25, 0.3) is 0 Å². The molecule has 1 amide bonds. The van der Waals surface area contributed by atoms with E-state index in [1.165, 1.54) is 5.69 Å². The molecule has 0 bridgehead atoms. The van der Waals surface area contributed by atoms with Gasteiger partial charge in [0.25, 0.3) is 0 Å². The first-order valence-corrected chi connectivity index (χ1v) is 6.45. The lowest BCUT2D eigenvalue weighted by Crippen LogP contribution is -2.29. The van der Waals surface area contributed by atoms with E-state index in [2.05, 4.69) is 10.6 Å². The van der Waals surface area contributed by atoms with Gasteiger partial charge in [0.15, 0.2) is 0 Å². The van der Waals surface area contributed by atoms with E-state index in [0.29, 0.717) is 0 Å². The summed E-state index contributed by atoms with van der Waals surface area (Å²) in [6.45, 7) is 2.80. The van der Waals surface area contributed by atoms with Crippen LogP contribution in [0.4, 0.5) is 0 Å². The topological polar surface area (TPSA) is 25.2 Å². The number of allylic oxidation sites excluding steroid dienone is 3. The Kier molecular flexibility index (Phi) is 4.03. The predicted molar refractivity (Wildman–Crippen MR) is 73.1 cm³/mol. The molecule has 0 unspecified atom stereocenters. The molecule has 0 spiro atoms. The first kappa shape index (κ1) is 12.7. The molecule has 2 rings (SSSR count). The Hall–Kier alpha value is -1.77. The van der Waals surface area contributed by atoms with Gasteiger partial charge in [-0.2, -0.15) is 0 Å². The average molecular weight is 244 g/mol. The van der Waals surface area contributed by atoms with E-state index in [4.69, 9.17) is 0 Å². The summed E-state index contributed by atoms with van der Waals surface area (Å²) in [7, 11) is 2.03. The van der Waals surface area contributed by atoms with E-state index in [-0.39, 0.29) is 11.9 Å². The van der Waals surface area contributed by atoms with E-state index in [1.54, 1.807) is 6.08 Å². The Labute approximate surface area is 108 Å². The van der Waals surface area contributed by atoms with Crippen molar-refractivity contribution in [1.82, 2.24) is 9.47 Å². The highest BCUT2D eigenvalue weighted by atomic mass is 16.2. The van der Waals surface area contributed by atoms with E-state index < -0.39 is 0 Å². The molecule has 0 N–H and O–H groups in total. The van der Waals surface area contributed by atoms with Crippen LogP contribution in [0.15, 0.2) is 42.6 Å². The molecule has 3 nitrogen and oxygen atoms in total. The summed E-state index contributed by atoms with van der Waals surface area (Å²) in [4.78, 5) is 14.1. The summed E-state index contributed by atoms with van der Waals surface area (Å²) in [5.74, 6) is 0.108. The summed E-state index contributed by atoms with van der Waals surface area (Å²) < 4.78 is 2.10. The van der Waals surface area contributed by atoms with Crippen molar-refractivity contribution in [2.75, 3.05) is 6.54 Å². The minimum absolute atomic E-state index is 0.108. The van der Waals surface area contributed by atoms with Crippen LogP contribution in [0, 0.1) is 0 Å². The number of aromatic nitrogens is 1. The van der Waals surface area contributed by atoms with Crippen molar-refractivity contribution in [2.24, 2.45) is 7.05 Å². The second kappa shape index (κ2) is 5.71. The fraction of sp³-hybridized carbons (Fsp3) is 0.400. The number of hydrogen-bond donors (Lipinski definition) is 0. The molecule has 0 aliphatic carbocycles. The fourth-order valence-electron chi connectivity index (χ4n) is 2.50. The molecular weight excluding hydrogens is 224 g/mol. The van der Waals surface area contributed by atoms with Gasteiger partial charge in [-0.15, -0.1) is 0 Å². The van der Waals surface area contributed by atoms with Crippen molar-refractivity contribution in [3.63, 3.8) is 0 Å². The zero-order valence-corrected chi connectivity index (χ0v) is 11.0. The van der Waals surface area contributed by atoms with Gasteiger partial charge in [0, 0.05) is 31.6 Å². The third-order valence-corrected chi connectivity index (χ3v) is 3.40. The number of carbonyl (C=O) groups excluding carboxylic acids is 1. The van der Waals surface area contributed by atoms with Crippen LogP contribution < -0.4 is 0 Å². The van der Waals surface area contributed by atoms with Crippen molar-refractivity contribution in [3.8, 4) is 0 Å². The third kappa shape index (κ3) is 2.55. The van der Waals surface area contributed by atoms with Gasteiger partial charge in [0.2, 0.25) is 5.91 Å². The number of rotatable bonds is 3. The van der Waals surface area contributed by atoms with Crippen LogP contribution >= 0.6 is 0 Å². The second-order valence-electron chi connectivity index (χ2n) is 4.62. The molecule has 3 heteroatoms. The molecule has 18 heavy (non-hydrogen) atoms. The molecule has 1 fully saturated rings. The molecule has 1 aliphatic rings. The smallest absolute Gasteiger partial charge is 0.247 e. The fourth-order valence-corrected chi connectivity index (χ4v) is 2.50. The average Bonchev–Trinajstić information content (AvgIpc) is 2.97. The summed E-state index contributed by atoms with van der Waals surface area (Å²) in [5, 5.41) is 0. The lowest BCUT2D eigenvalue weighted by molar-refractivity contribution is -0.127. The molecule has 1 aliphatic heterocycles. The van der Waals surface area contributed by atoms with E-state index >= 15 is 0 Å². The van der Waals surface area contributed by atoms with Crippen molar-refractivity contribution in [2.45, 2.75) is 25.8 Å². The van der Waals surface area contributed by atoms with Gasteiger partial charge in [-0.1, -0.05) is 18.2 Å². The molecule has 0 aromatic carbocycles. The van der Waals surface area contributed by atoms with Crippen LogP contribution in [-0.2, 0) is 11.8 Å². The monoisotopic (exact) mass is 244 g/mol. The quantitative estimate of drug-likeness (QED) is 0.593. The highest BCUT2D eigenvalue weighted by molar-refractivity contribution is 5.88. The first-order valence-electron chi connectivity index (χ1n) is 6.45. The van der Waals surface area contributed by atoms with Crippen molar-refractivity contribution < 1.29 is 4.79 Å². The SMILES string of the molecule is C/C=C/C=C\C(=O)N1CCC[C@@H]1c1cccn1C. The predicted octanol–water partition coefficient (Wildman–Crippen LogP) is 2.82. The van der Waals surface area contributed by atoms with E-state index in [9.17, 15) is 4.79 Å². The number of amides is 1. The maximum absolute atomic E-state index is 12.1. The van der Waals surface area contributed by atoms with Gasteiger partial charge in [0.1, 0.15) is 0 Å². The maximum Gasteiger partial charge on any atom is 0.247 e. The standard InChI is InChI=1S/C15H20N2O/c1-3-4-5-10-15(18)17-12-7-9-14(17)13-8-6-11-16(13)2/h3-6,8,10-11,14H,7,9,12H2,1-2H3/b4-3+,10-5-/t14-/m1/s1. The summed E-state index contributed by atoms with van der Waals surface area (Å²) in [5.41, 5.74) is 1.22. The summed E-state index contributed by atoms with van der Waals surface area (Å²) >= 11 is 0. The van der Waals surface area contributed by atoms with Crippen LogP contribution in [0.1, 0.15) is 31.5 Å². The van der Waals surface area contributed by atoms with Gasteiger partial charge >= 0.3 is 0 Å². The molecule has 1 saturated heterocycles. The normalized spacial score (nSPS) is 20.3. The van der Waals surface area contributed by atoms with Gasteiger partial charge < -0.3 is 9.47 Å². The van der Waals surface area contributed by atoms with E-state index in [1.807, 2.05) is 49.4 Å². The van der Waals surface area contributed by atoms with Crippen LogP contribution in [0.2, 0.25) is 0 Å². The van der Waals surface area contributed by atoms with Crippen LogP contribution in [-0.4, -0.2) is 21.9 Å². The molecule has 2 heterocycles. The minimum atomic E-state index is 0.108. The molecule has 1 atom stereocenters. The Morgan fingerprint density at radius 2 is 2.28 bits per heavy atom.